The van der Waals surface area contributed by atoms with Gasteiger partial charge in [-0.2, -0.15) is 5.26 Å². The van der Waals surface area contributed by atoms with Gasteiger partial charge in [-0.3, -0.25) is 9.69 Å². The number of nitrogens with one attached hydrogen (secondary N) is 2. The highest BCUT2D eigenvalue weighted by molar-refractivity contribution is 5.78. The fourth-order valence-corrected chi connectivity index (χ4v) is 2.14. The number of piperidine rings is 1. The summed E-state index contributed by atoms with van der Waals surface area (Å²) in [6, 6.07) is 2.48. The molecule has 1 saturated heterocycles. The molecule has 1 fully saturated rings. The second-order valence-electron chi connectivity index (χ2n) is 4.32. The van der Waals surface area contributed by atoms with E-state index in [-0.39, 0.29) is 5.91 Å². The highest BCUT2D eigenvalue weighted by atomic mass is 16.2. The third kappa shape index (κ3) is 5.16. The molecule has 5 heteroatoms. The molecule has 1 amide bonds. The maximum Gasteiger partial charge on any atom is 0.234 e. The molecular formula is C12H22N4O. The molecule has 0 bridgehead atoms. The van der Waals surface area contributed by atoms with Crippen molar-refractivity contribution in [1.82, 2.24) is 15.5 Å². The van der Waals surface area contributed by atoms with E-state index in [1.165, 1.54) is 6.42 Å². The molecule has 2 N–H and O–H groups in total. The van der Waals surface area contributed by atoms with Crippen molar-refractivity contribution >= 4 is 5.91 Å². The average molecular weight is 238 g/mol. The minimum atomic E-state index is 0.0210. The summed E-state index contributed by atoms with van der Waals surface area (Å²) in [6.07, 6.45) is 2.71. The largest absolute Gasteiger partial charge is 0.354 e. The molecule has 1 atom stereocenters. The number of hydrogen-bond donors (Lipinski definition) is 2. The first-order chi connectivity index (χ1) is 8.27. The summed E-state index contributed by atoms with van der Waals surface area (Å²) in [5.74, 6) is 0.0210. The van der Waals surface area contributed by atoms with Gasteiger partial charge in [0.2, 0.25) is 5.91 Å². The summed E-state index contributed by atoms with van der Waals surface area (Å²) < 4.78 is 0. The number of rotatable bonds is 6. The Labute approximate surface area is 103 Å². The molecule has 96 valence electrons. The van der Waals surface area contributed by atoms with Crippen LogP contribution >= 0.6 is 0 Å². The fraction of sp³-hybridized carbons (Fsp3) is 0.833. The lowest BCUT2D eigenvalue weighted by atomic mass is 10.1. The van der Waals surface area contributed by atoms with Crippen LogP contribution in [0.4, 0.5) is 0 Å². The molecule has 1 unspecified atom stereocenters. The smallest absolute Gasteiger partial charge is 0.234 e. The average Bonchev–Trinajstić information content (AvgIpc) is 2.37. The number of nitrogens with zero attached hydrogens (tertiary/aromatic N) is 2. The summed E-state index contributed by atoms with van der Waals surface area (Å²) in [5, 5.41) is 14.5. The topological polar surface area (TPSA) is 68.2 Å². The highest BCUT2D eigenvalue weighted by Crippen LogP contribution is 2.09. The lowest BCUT2D eigenvalue weighted by Crippen LogP contribution is -2.49. The van der Waals surface area contributed by atoms with Crippen molar-refractivity contribution < 1.29 is 4.79 Å². The van der Waals surface area contributed by atoms with Crippen LogP contribution in [0.3, 0.4) is 0 Å². The van der Waals surface area contributed by atoms with E-state index in [0.717, 1.165) is 26.1 Å². The number of carbonyl (C=O) groups is 1. The normalized spacial score (nSPS) is 19.9. The van der Waals surface area contributed by atoms with Gasteiger partial charge < -0.3 is 10.6 Å². The lowest BCUT2D eigenvalue weighted by molar-refractivity contribution is -0.122. The molecule has 1 aliphatic rings. The molecule has 1 aliphatic heterocycles. The predicted octanol–water partition coefficient (Wildman–Crippen LogP) is 0.0902. The molecular weight excluding hydrogens is 216 g/mol. The van der Waals surface area contributed by atoms with Gasteiger partial charge in [-0.15, -0.1) is 0 Å². The first-order valence-electron chi connectivity index (χ1n) is 6.36. The van der Waals surface area contributed by atoms with E-state index in [9.17, 15) is 4.79 Å². The van der Waals surface area contributed by atoms with Gasteiger partial charge in [0.1, 0.15) is 0 Å². The van der Waals surface area contributed by atoms with Gasteiger partial charge in [-0.25, -0.2) is 0 Å². The molecule has 1 heterocycles. The number of amides is 1. The van der Waals surface area contributed by atoms with E-state index >= 15 is 0 Å². The molecule has 0 spiro atoms. The summed E-state index contributed by atoms with van der Waals surface area (Å²) in [6.45, 7) is 5.92. The standard InChI is InChI=1S/C12H22N4O/c1-2-16(11-5-3-7-14-9-11)10-12(17)15-8-4-6-13/h11,14H,2-5,7-10H2,1H3,(H,15,17). The number of nitriles is 1. The molecule has 17 heavy (non-hydrogen) atoms. The monoisotopic (exact) mass is 238 g/mol. The Morgan fingerprint density at radius 3 is 3.06 bits per heavy atom. The molecule has 0 saturated carbocycles. The first-order valence-corrected chi connectivity index (χ1v) is 6.36. The van der Waals surface area contributed by atoms with Gasteiger partial charge in [-0.05, 0) is 25.9 Å². The molecule has 5 nitrogen and oxygen atoms in total. The summed E-state index contributed by atoms with van der Waals surface area (Å²) in [5.41, 5.74) is 0. The van der Waals surface area contributed by atoms with Gasteiger partial charge in [0.05, 0.1) is 19.0 Å². The summed E-state index contributed by atoms with van der Waals surface area (Å²) >= 11 is 0. The summed E-state index contributed by atoms with van der Waals surface area (Å²) in [7, 11) is 0. The van der Waals surface area contributed by atoms with Gasteiger partial charge in [0.15, 0.2) is 0 Å². The van der Waals surface area contributed by atoms with Crippen LogP contribution in [0.25, 0.3) is 0 Å². The van der Waals surface area contributed by atoms with Crippen LogP contribution in [0, 0.1) is 11.3 Å². The first kappa shape index (κ1) is 13.9. The molecule has 1 rings (SSSR count). The van der Waals surface area contributed by atoms with E-state index in [1.54, 1.807) is 0 Å². The predicted molar refractivity (Wildman–Crippen MR) is 66.4 cm³/mol. The third-order valence-corrected chi connectivity index (χ3v) is 3.10. The quantitative estimate of drug-likeness (QED) is 0.644. The van der Waals surface area contributed by atoms with E-state index in [0.29, 0.717) is 25.6 Å². The number of likely N-dealkylation sites (N-methyl/N-ethyl adjacent to an activating group) is 1. The van der Waals surface area contributed by atoms with Crippen molar-refractivity contribution in [3.63, 3.8) is 0 Å². The Bertz CT molecular complexity index is 268. The van der Waals surface area contributed by atoms with E-state index in [4.69, 9.17) is 5.26 Å². The van der Waals surface area contributed by atoms with Crippen LogP contribution in [0.15, 0.2) is 0 Å². The Morgan fingerprint density at radius 2 is 2.47 bits per heavy atom. The van der Waals surface area contributed by atoms with Crippen molar-refractivity contribution in [3.05, 3.63) is 0 Å². The minimum Gasteiger partial charge on any atom is -0.354 e. The SMILES string of the molecule is CCN(CC(=O)NCCC#N)C1CCCNC1. The van der Waals surface area contributed by atoms with Crippen molar-refractivity contribution in [2.75, 3.05) is 32.7 Å². The second-order valence-corrected chi connectivity index (χ2v) is 4.32. The Morgan fingerprint density at radius 1 is 1.65 bits per heavy atom. The molecule has 0 aromatic carbocycles. The molecule has 0 aromatic rings. The van der Waals surface area contributed by atoms with Crippen LogP contribution in [0.1, 0.15) is 26.2 Å². The summed E-state index contributed by atoms with van der Waals surface area (Å²) in [4.78, 5) is 13.8. The van der Waals surface area contributed by atoms with Crippen molar-refractivity contribution in [1.29, 1.82) is 5.26 Å². The van der Waals surface area contributed by atoms with Crippen LogP contribution in [-0.4, -0.2) is 49.6 Å². The van der Waals surface area contributed by atoms with E-state index in [1.807, 2.05) is 6.07 Å². The highest BCUT2D eigenvalue weighted by Gasteiger charge is 2.21. The molecule has 0 aromatic heterocycles. The second kappa shape index (κ2) is 8.04. The van der Waals surface area contributed by atoms with Crippen molar-refractivity contribution in [2.24, 2.45) is 0 Å². The maximum atomic E-state index is 11.6. The molecule has 0 radical (unpaired) electrons. The Hall–Kier alpha value is -1.12. The maximum absolute atomic E-state index is 11.6. The Balaban J connectivity index is 2.30. The number of carbonyl (C=O) groups excluding carboxylic acids is 1. The Kier molecular flexibility index (Phi) is 6.60. The minimum absolute atomic E-state index is 0.0210. The van der Waals surface area contributed by atoms with Gasteiger partial charge >= 0.3 is 0 Å². The molecule has 0 aliphatic carbocycles. The van der Waals surface area contributed by atoms with E-state index in [2.05, 4.69) is 22.5 Å². The van der Waals surface area contributed by atoms with E-state index < -0.39 is 0 Å². The lowest BCUT2D eigenvalue weighted by Gasteiger charge is -2.33. The zero-order valence-electron chi connectivity index (χ0n) is 10.5. The van der Waals surface area contributed by atoms with Crippen molar-refractivity contribution in [3.8, 4) is 6.07 Å². The van der Waals surface area contributed by atoms with Crippen LogP contribution in [0.5, 0.6) is 0 Å². The number of hydrogen-bond acceptors (Lipinski definition) is 4. The van der Waals surface area contributed by atoms with Gasteiger partial charge in [-0.1, -0.05) is 6.92 Å². The zero-order chi connectivity index (χ0) is 12.5. The van der Waals surface area contributed by atoms with Crippen LogP contribution in [0.2, 0.25) is 0 Å². The van der Waals surface area contributed by atoms with Gasteiger partial charge in [0, 0.05) is 19.1 Å². The van der Waals surface area contributed by atoms with Crippen molar-refractivity contribution in [2.45, 2.75) is 32.2 Å². The van der Waals surface area contributed by atoms with Gasteiger partial charge in [0.25, 0.3) is 0 Å². The zero-order valence-corrected chi connectivity index (χ0v) is 10.5. The van der Waals surface area contributed by atoms with Crippen LogP contribution < -0.4 is 10.6 Å². The fourth-order valence-electron chi connectivity index (χ4n) is 2.14. The third-order valence-electron chi connectivity index (χ3n) is 3.10. The van der Waals surface area contributed by atoms with Crippen LogP contribution in [-0.2, 0) is 4.79 Å².